The van der Waals surface area contributed by atoms with Gasteiger partial charge in [0.05, 0.1) is 0 Å². The zero-order valence-corrected chi connectivity index (χ0v) is 15.7. The second kappa shape index (κ2) is 7.62. The van der Waals surface area contributed by atoms with Crippen molar-refractivity contribution in [1.82, 2.24) is 19.9 Å². The van der Waals surface area contributed by atoms with Crippen molar-refractivity contribution in [2.45, 2.75) is 33.9 Å². The van der Waals surface area contributed by atoms with Crippen LogP contribution in [-0.2, 0) is 13.1 Å². The van der Waals surface area contributed by atoms with E-state index in [0.717, 1.165) is 30.0 Å². The summed E-state index contributed by atoms with van der Waals surface area (Å²) in [5.74, 6) is 0.616. The Bertz CT molecular complexity index is 960. The maximum atomic E-state index is 11.9. The highest BCUT2D eigenvalue weighted by Crippen LogP contribution is 2.17. The second-order valence-electron chi connectivity index (χ2n) is 6.80. The predicted octanol–water partition coefficient (Wildman–Crippen LogP) is 3.39. The molecule has 0 spiro atoms. The molecule has 0 aliphatic carbocycles. The number of hydrogen-bond acceptors (Lipinski definition) is 4. The smallest absolute Gasteiger partial charge is 0.254 e. The van der Waals surface area contributed by atoms with Crippen LogP contribution < -0.4 is 5.56 Å². The van der Waals surface area contributed by atoms with Gasteiger partial charge in [-0.2, -0.15) is 0 Å². The van der Waals surface area contributed by atoms with Crippen LogP contribution >= 0.6 is 0 Å². The minimum absolute atomic E-state index is 0.0797. The van der Waals surface area contributed by atoms with Crippen LogP contribution in [0.1, 0.15) is 28.1 Å². The van der Waals surface area contributed by atoms with Gasteiger partial charge in [-0.15, -0.1) is 0 Å². The molecule has 0 aliphatic heterocycles. The molecule has 0 atom stereocenters. The van der Waals surface area contributed by atoms with Crippen LogP contribution in [0.3, 0.4) is 0 Å². The lowest BCUT2D eigenvalue weighted by Crippen LogP contribution is -2.17. The maximum Gasteiger partial charge on any atom is 0.254 e. The van der Waals surface area contributed by atoms with Crippen molar-refractivity contribution in [2.75, 3.05) is 7.05 Å². The van der Waals surface area contributed by atoms with E-state index in [1.54, 1.807) is 6.92 Å². The molecule has 1 N–H and O–H groups in total. The summed E-state index contributed by atoms with van der Waals surface area (Å²) >= 11 is 0. The van der Waals surface area contributed by atoms with Crippen LogP contribution in [0.5, 0.6) is 0 Å². The van der Waals surface area contributed by atoms with Gasteiger partial charge in [0.25, 0.3) is 5.56 Å². The van der Waals surface area contributed by atoms with Gasteiger partial charge in [-0.3, -0.25) is 14.7 Å². The highest BCUT2D eigenvalue weighted by atomic mass is 16.1. The first kappa shape index (κ1) is 18.0. The first-order valence-electron chi connectivity index (χ1n) is 8.69. The predicted molar refractivity (Wildman–Crippen MR) is 104 cm³/mol. The molecule has 0 saturated carbocycles. The number of hydrogen-bond donors (Lipinski definition) is 1. The summed E-state index contributed by atoms with van der Waals surface area (Å²) in [6.45, 7) is 7.37. The Labute approximate surface area is 153 Å². The van der Waals surface area contributed by atoms with E-state index in [1.807, 2.05) is 38.2 Å². The lowest BCUT2D eigenvalue weighted by atomic mass is 10.1. The van der Waals surface area contributed by atoms with Gasteiger partial charge in [0.15, 0.2) is 0 Å². The molecule has 0 amide bonds. The summed E-state index contributed by atoms with van der Waals surface area (Å²) in [6.07, 6.45) is 1.85. The molecular weight excluding hydrogens is 324 g/mol. The number of H-pyrrole nitrogens is 1. The van der Waals surface area contributed by atoms with Crippen molar-refractivity contribution < 1.29 is 0 Å². The van der Waals surface area contributed by atoms with Crippen LogP contribution in [0.2, 0.25) is 0 Å². The van der Waals surface area contributed by atoms with E-state index >= 15 is 0 Å². The number of aryl methyl sites for hydroxylation is 2. The molecule has 5 nitrogen and oxygen atoms in total. The third kappa shape index (κ3) is 4.24. The van der Waals surface area contributed by atoms with Gasteiger partial charge < -0.3 is 4.98 Å². The zero-order chi connectivity index (χ0) is 18.7. The van der Waals surface area contributed by atoms with E-state index in [9.17, 15) is 4.79 Å². The highest BCUT2D eigenvalue weighted by Gasteiger charge is 2.07. The minimum Gasteiger partial charge on any atom is -0.306 e. The van der Waals surface area contributed by atoms with Crippen LogP contribution in [0.15, 0.2) is 47.4 Å². The molecule has 1 aromatic carbocycles. The van der Waals surface area contributed by atoms with Gasteiger partial charge in [0, 0.05) is 41.8 Å². The number of nitrogens with one attached hydrogen (secondary N) is 1. The fourth-order valence-electron chi connectivity index (χ4n) is 2.93. The zero-order valence-electron chi connectivity index (χ0n) is 15.7. The van der Waals surface area contributed by atoms with Gasteiger partial charge in [-0.1, -0.05) is 24.3 Å². The van der Waals surface area contributed by atoms with E-state index in [4.69, 9.17) is 0 Å². The molecule has 3 rings (SSSR count). The fraction of sp³-hybridized carbons (Fsp3) is 0.286. The van der Waals surface area contributed by atoms with Crippen molar-refractivity contribution in [3.63, 3.8) is 0 Å². The van der Waals surface area contributed by atoms with E-state index in [0.29, 0.717) is 11.4 Å². The second-order valence-corrected chi connectivity index (χ2v) is 6.80. The van der Waals surface area contributed by atoms with E-state index in [-0.39, 0.29) is 5.56 Å². The normalized spacial score (nSPS) is 11.1. The van der Waals surface area contributed by atoms with Crippen LogP contribution in [-0.4, -0.2) is 26.9 Å². The largest absolute Gasteiger partial charge is 0.306 e. The van der Waals surface area contributed by atoms with Crippen molar-refractivity contribution in [3.8, 4) is 11.4 Å². The quantitative estimate of drug-likeness (QED) is 0.768. The molecule has 0 unspecified atom stereocenters. The maximum absolute atomic E-state index is 11.9. The van der Waals surface area contributed by atoms with Gasteiger partial charge in [-0.25, -0.2) is 4.98 Å². The Morgan fingerprint density at radius 2 is 1.69 bits per heavy atom. The van der Waals surface area contributed by atoms with Gasteiger partial charge in [0.2, 0.25) is 0 Å². The Hall–Kier alpha value is -2.79. The summed E-state index contributed by atoms with van der Waals surface area (Å²) < 4.78 is 0. The Balaban J connectivity index is 1.70. The van der Waals surface area contributed by atoms with Gasteiger partial charge in [0.1, 0.15) is 5.82 Å². The minimum atomic E-state index is -0.0797. The molecule has 134 valence electrons. The van der Waals surface area contributed by atoms with Crippen molar-refractivity contribution in [3.05, 3.63) is 81.0 Å². The third-order valence-electron chi connectivity index (χ3n) is 4.49. The highest BCUT2D eigenvalue weighted by molar-refractivity contribution is 5.55. The number of nitrogens with zero attached hydrogens (tertiary/aromatic N) is 3. The first-order chi connectivity index (χ1) is 12.4. The van der Waals surface area contributed by atoms with Crippen molar-refractivity contribution in [2.24, 2.45) is 0 Å². The van der Waals surface area contributed by atoms with Crippen LogP contribution in [0.4, 0.5) is 0 Å². The number of aromatic amines is 1. The SMILES string of the molecule is Cc1cc(CN(C)Cc2ccc(-c3nc(C)c(C)c(=O)[nH]3)cc2)ccn1. The third-order valence-corrected chi connectivity index (χ3v) is 4.49. The number of rotatable bonds is 5. The molecule has 0 radical (unpaired) electrons. The van der Waals surface area contributed by atoms with Gasteiger partial charge in [-0.05, 0) is 51.1 Å². The lowest BCUT2D eigenvalue weighted by Gasteiger charge is -2.17. The summed E-state index contributed by atoms with van der Waals surface area (Å²) in [4.78, 5) is 25.8. The van der Waals surface area contributed by atoms with Gasteiger partial charge >= 0.3 is 0 Å². The molecular formula is C21H24N4O. The Kier molecular flexibility index (Phi) is 5.28. The molecule has 2 aromatic heterocycles. The summed E-state index contributed by atoms with van der Waals surface area (Å²) in [6, 6.07) is 12.3. The average molecular weight is 348 g/mol. The van der Waals surface area contributed by atoms with Crippen LogP contribution in [0, 0.1) is 20.8 Å². The van der Waals surface area contributed by atoms with Crippen molar-refractivity contribution in [1.29, 1.82) is 0 Å². The summed E-state index contributed by atoms with van der Waals surface area (Å²) in [5.41, 5.74) is 5.78. The van der Waals surface area contributed by atoms with Crippen LogP contribution in [0.25, 0.3) is 11.4 Å². The molecule has 0 saturated heterocycles. The molecule has 5 heteroatoms. The topological polar surface area (TPSA) is 61.9 Å². The Morgan fingerprint density at radius 3 is 2.35 bits per heavy atom. The van der Waals surface area contributed by atoms with E-state index < -0.39 is 0 Å². The van der Waals surface area contributed by atoms with Crippen molar-refractivity contribution >= 4 is 0 Å². The number of pyridine rings is 1. The molecule has 3 aromatic rings. The molecule has 0 bridgehead atoms. The average Bonchev–Trinajstić information content (AvgIpc) is 2.60. The monoisotopic (exact) mass is 348 g/mol. The number of benzene rings is 1. The van der Waals surface area contributed by atoms with E-state index in [1.165, 1.54) is 11.1 Å². The standard InChI is InChI=1S/C21H24N4O/c1-14-11-18(9-10-22-14)13-25(4)12-17-5-7-19(8-6-17)20-23-16(3)15(2)21(26)24-20/h5-11H,12-13H2,1-4H3,(H,23,24,26). The Morgan fingerprint density at radius 1 is 1.00 bits per heavy atom. The summed E-state index contributed by atoms with van der Waals surface area (Å²) in [7, 11) is 2.10. The molecule has 2 heterocycles. The lowest BCUT2D eigenvalue weighted by molar-refractivity contribution is 0.319. The molecule has 0 aliphatic rings. The van der Waals surface area contributed by atoms with E-state index in [2.05, 4.69) is 45.1 Å². The first-order valence-corrected chi connectivity index (χ1v) is 8.69. The number of aromatic nitrogens is 3. The summed E-state index contributed by atoms with van der Waals surface area (Å²) in [5, 5.41) is 0. The fourth-order valence-corrected chi connectivity index (χ4v) is 2.93. The molecule has 26 heavy (non-hydrogen) atoms. The molecule has 0 fully saturated rings.